The van der Waals surface area contributed by atoms with Gasteiger partial charge in [-0.25, -0.2) is 8.42 Å². The Kier molecular flexibility index (Phi) is 6.84. The fraction of sp³-hybridized carbons (Fsp3) is 0.286. The van der Waals surface area contributed by atoms with Crippen LogP contribution in [0.1, 0.15) is 19.4 Å². The quantitative estimate of drug-likeness (QED) is 0.464. The Labute approximate surface area is 184 Å². The molecule has 160 valence electrons. The van der Waals surface area contributed by atoms with E-state index < -0.39 is 22.0 Å². The standard InChI is InChI=1S/C21H23BrN2O5S/c1-13(2)29-19-9-8-15(22)11-20(19)30(26,27)24-18(21(25)28-3)10-14-12-23-17-7-5-4-6-16(14)17/h4-9,11-13,18,23-24H,10H2,1-3H3/t18-/m1/s1. The fourth-order valence-corrected chi connectivity index (χ4v) is 4.99. The molecule has 0 saturated carbocycles. The molecule has 7 nitrogen and oxygen atoms in total. The van der Waals surface area contributed by atoms with Crippen molar-refractivity contribution in [2.45, 2.75) is 37.3 Å². The number of benzene rings is 2. The zero-order valence-electron chi connectivity index (χ0n) is 16.8. The molecule has 30 heavy (non-hydrogen) atoms. The van der Waals surface area contributed by atoms with Gasteiger partial charge in [-0.1, -0.05) is 34.1 Å². The smallest absolute Gasteiger partial charge is 0.324 e. The number of hydrogen-bond acceptors (Lipinski definition) is 5. The number of rotatable bonds is 8. The monoisotopic (exact) mass is 494 g/mol. The molecule has 0 bridgehead atoms. The number of fused-ring (bicyclic) bond motifs is 1. The summed E-state index contributed by atoms with van der Waals surface area (Å²) in [6, 6.07) is 11.2. The van der Waals surface area contributed by atoms with Crippen molar-refractivity contribution >= 4 is 42.8 Å². The van der Waals surface area contributed by atoms with Crippen molar-refractivity contribution in [3.63, 3.8) is 0 Å². The van der Waals surface area contributed by atoms with Crippen LogP contribution in [0.2, 0.25) is 0 Å². The zero-order chi connectivity index (χ0) is 21.9. The number of nitrogens with one attached hydrogen (secondary N) is 2. The van der Waals surface area contributed by atoms with E-state index in [0.717, 1.165) is 16.5 Å². The van der Waals surface area contributed by atoms with Crippen molar-refractivity contribution in [2.24, 2.45) is 0 Å². The van der Waals surface area contributed by atoms with Crippen LogP contribution >= 0.6 is 15.9 Å². The summed E-state index contributed by atoms with van der Waals surface area (Å²) < 4.78 is 39.9. The second-order valence-electron chi connectivity index (χ2n) is 7.02. The Bertz CT molecular complexity index is 1160. The summed E-state index contributed by atoms with van der Waals surface area (Å²) in [6.07, 6.45) is 1.67. The Balaban J connectivity index is 1.95. The van der Waals surface area contributed by atoms with Crippen LogP contribution < -0.4 is 9.46 Å². The molecule has 1 atom stereocenters. The molecule has 1 heterocycles. The highest BCUT2D eigenvalue weighted by atomic mass is 79.9. The van der Waals surface area contributed by atoms with Gasteiger partial charge in [-0.05, 0) is 43.7 Å². The van der Waals surface area contributed by atoms with Gasteiger partial charge in [0.1, 0.15) is 16.7 Å². The summed E-state index contributed by atoms with van der Waals surface area (Å²) in [7, 11) is -2.86. The first-order chi connectivity index (χ1) is 14.2. The van der Waals surface area contributed by atoms with E-state index in [2.05, 4.69) is 25.6 Å². The maximum Gasteiger partial charge on any atom is 0.324 e. The van der Waals surface area contributed by atoms with Gasteiger partial charge in [-0.2, -0.15) is 4.72 Å². The Morgan fingerprint density at radius 3 is 2.63 bits per heavy atom. The van der Waals surface area contributed by atoms with Gasteiger partial charge in [0.05, 0.1) is 13.2 Å². The van der Waals surface area contributed by atoms with Crippen molar-refractivity contribution in [2.75, 3.05) is 7.11 Å². The average molecular weight is 495 g/mol. The number of carbonyl (C=O) groups is 1. The molecule has 0 unspecified atom stereocenters. The van der Waals surface area contributed by atoms with Crippen LogP contribution in [0.15, 0.2) is 58.0 Å². The maximum atomic E-state index is 13.2. The molecule has 0 saturated heterocycles. The van der Waals surface area contributed by atoms with Crippen molar-refractivity contribution in [1.29, 1.82) is 0 Å². The molecule has 0 spiro atoms. The number of halogens is 1. The summed E-state index contributed by atoms with van der Waals surface area (Å²) in [4.78, 5) is 15.5. The van der Waals surface area contributed by atoms with Crippen LogP contribution in [0.25, 0.3) is 10.9 Å². The molecule has 0 fully saturated rings. The van der Waals surface area contributed by atoms with E-state index in [-0.39, 0.29) is 23.2 Å². The molecule has 2 N–H and O–H groups in total. The SMILES string of the molecule is COC(=O)[C@@H](Cc1c[nH]c2ccccc12)NS(=O)(=O)c1cc(Br)ccc1OC(C)C. The number of aromatic nitrogens is 1. The molecular weight excluding hydrogens is 472 g/mol. The third-order valence-electron chi connectivity index (χ3n) is 4.44. The zero-order valence-corrected chi connectivity index (χ0v) is 19.2. The van der Waals surface area contributed by atoms with E-state index in [9.17, 15) is 13.2 Å². The lowest BCUT2D eigenvalue weighted by Gasteiger charge is -2.19. The summed E-state index contributed by atoms with van der Waals surface area (Å²) in [5.41, 5.74) is 1.70. The van der Waals surface area contributed by atoms with E-state index >= 15 is 0 Å². The molecule has 0 amide bonds. The Hall–Kier alpha value is -2.36. The van der Waals surface area contributed by atoms with Gasteiger partial charge < -0.3 is 14.5 Å². The molecule has 0 aliphatic rings. The second-order valence-corrected chi connectivity index (χ2v) is 9.62. The Morgan fingerprint density at radius 1 is 1.20 bits per heavy atom. The van der Waals surface area contributed by atoms with Crippen LogP contribution in [0.4, 0.5) is 0 Å². The maximum absolute atomic E-state index is 13.2. The second kappa shape index (κ2) is 9.20. The van der Waals surface area contributed by atoms with Crippen LogP contribution in [-0.4, -0.2) is 38.6 Å². The molecule has 0 aliphatic heterocycles. The van der Waals surface area contributed by atoms with E-state index in [1.807, 2.05) is 24.3 Å². The molecule has 1 aromatic heterocycles. The summed E-state index contributed by atoms with van der Waals surface area (Å²) in [5.74, 6) is -0.471. The first-order valence-electron chi connectivity index (χ1n) is 9.32. The number of carbonyl (C=O) groups excluding carboxylic acids is 1. The number of sulfonamides is 1. The number of H-pyrrole nitrogens is 1. The van der Waals surface area contributed by atoms with E-state index in [1.54, 1.807) is 32.2 Å². The van der Waals surface area contributed by atoms with Crippen molar-refractivity contribution in [3.05, 3.63) is 58.7 Å². The highest BCUT2D eigenvalue weighted by Crippen LogP contribution is 2.29. The highest BCUT2D eigenvalue weighted by Gasteiger charge is 2.30. The van der Waals surface area contributed by atoms with Crippen molar-refractivity contribution < 1.29 is 22.7 Å². The number of methoxy groups -OCH3 is 1. The van der Waals surface area contributed by atoms with E-state index in [0.29, 0.717) is 4.47 Å². The summed E-state index contributed by atoms with van der Waals surface area (Å²) >= 11 is 3.30. The van der Waals surface area contributed by atoms with Gasteiger partial charge in [0.25, 0.3) is 0 Å². The lowest BCUT2D eigenvalue weighted by molar-refractivity contribution is -0.142. The molecular formula is C21H23BrN2O5S. The van der Waals surface area contributed by atoms with Crippen LogP contribution in [-0.2, 0) is 26.0 Å². The summed E-state index contributed by atoms with van der Waals surface area (Å²) in [5, 5.41) is 0.914. The lowest BCUT2D eigenvalue weighted by Crippen LogP contribution is -2.43. The molecule has 3 rings (SSSR count). The van der Waals surface area contributed by atoms with E-state index in [1.165, 1.54) is 13.2 Å². The van der Waals surface area contributed by atoms with Gasteiger partial charge in [0, 0.05) is 28.0 Å². The third kappa shape index (κ3) is 5.03. The molecule has 0 radical (unpaired) electrons. The largest absolute Gasteiger partial charge is 0.490 e. The summed E-state index contributed by atoms with van der Waals surface area (Å²) in [6.45, 7) is 3.61. The van der Waals surface area contributed by atoms with Gasteiger partial charge >= 0.3 is 5.97 Å². The third-order valence-corrected chi connectivity index (χ3v) is 6.43. The van der Waals surface area contributed by atoms with E-state index in [4.69, 9.17) is 9.47 Å². The number of ether oxygens (including phenoxy) is 2. The number of aromatic amines is 1. The van der Waals surface area contributed by atoms with Gasteiger partial charge in [-0.15, -0.1) is 0 Å². The van der Waals surface area contributed by atoms with Crippen LogP contribution in [0.3, 0.4) is 0 Å². The van der Waals surface area contributed by atoms with Crippen LogP contribution in [0, 0.1) is 0 Å². The first kappa shape index (κ1) is 22.3. The Morgan fingerprint density at radius 2 is 1.93 bits per heavy atom. The van der Waals surface area contributed by atoms with Crippen LogP contribution in [0.5, 0.6) is 5.75 Å². The minimum Gasteiger partial charge on any atom is -0.490 e. The number of hydrogen-bond donors (Lipinski definition) is 2. The normalized spacial score (nSPS) is 12.8. The van der Waals surface area contributed by atoms with Gasteiger partial charge in [-0.3, -0.25) is 4.79 Å². The predicted molar refractivity (Wildman–Crippen MR) is 118 cm³/mol. The predicted octanol–water partition coefficient (Wildman–Crippen LogP) is 3.78. The first-order valence-corrected chi connectivity index (χ1v) is 11.6. The highest BCUT2D eigenvalue weighted by molar-refractivity contribution is 9.10. The molecule has 2 aromatic carbocycles. The number of esters is 1. The van der Waals surface area contributed by atoms with Crippen molar-refractivity contribution in [3.8, 4) is 5.75 Å². The van der Waals surface area contributed by atoms with Crippen molar-refractivity contribution in [1.82, 2.24) is 9.71 Å². The van der Waals surface area contributed by atoms with Gasteiger partial charge in [0.2, 0.25) is 10.0 Å². The average Bonchev–Trinajstić information content (AvgIpc) is 3.10. The minimum atomic E-state index is -4.09. The number of para-hydroxylation sites is 1. The minimum absolute atomic E-state index is 0.0570. The fourth-order valence-electron chi connectivity index (χ4n) is 3.13. The molecule has 0 aliphatic carbocycles. The lowest BCUT2D eigenvalue weighted by atomic mass is 10.1. The topological polar surface area (TPSA) is 97.5 Å². The molecule has 3 aromatic rings. The molecule has 9 heteroatoms. The van der Waals surface area contributed by atoms with Gasteiger partial charge in [0.15, 0.2) is 0 Å².